The van der Waals surface area contributed by atoms with Crippen molar-refractivity contribution in [3.63, 3.8) is 0 Å². The molecule has 3 aromatic carbocycles. The monoisotopic (exact) mass is 623 g/mol. The average Bonchev–Trinajstić information content (AvgIpc) is 3.49. The lowest BCUT2D eigenvalue weighted by atomic mass is 9.97. The van der Waals surface area contributed by atoms with E-state index in [1.165, 1.54) is 24.8 Å². The highest BCUT2D eigenvalue weighted by atomic mass is 32.2. The first-order chi connectivity index (χ1) is 21.9. The van der Waals surface area contributed by atoms with E-state index >= 15 is 0 Å². The van der Waals surface area contributed by atoms with Crippen molar-refractivity contribution in [2.45, 2.75) is 55.6 Å². The second-order valence-electron chi connectivity index (χ2n) is 12.0. The van der Waals surface area contributed by atoms with E-state index in [1.807, 2.05) is 36.4 Å². The van der Waals surface area contributed by atoms with Crippen LogP contribution >= 0.6 is 0 Å². The Hall–Kier alpha value is -4.18. The number of hydrogen-bond donors (Lipinski definition) is 2. The zero-order valence-corrected chi connectivity index (χ0v) is 25.9. The third-order valence-corrected chi connectivity index (χ3v) is 10.4. The molecule has 1 amide bonds. The van der Waals surface area contributed by atoms with Crippen molar-refractivity contribution in [2.24, 2.45) is 0 Å². The van der Waals surface area contributed by atoms with E-state index in [-0.39, 0.29) is 23.3 Å². The number of piperidine rings is 1. The van der Waals surface area contributed by atoms with Crippen LogP contribution in [-0.2, 0) is 21.4 Å². The summed E-state index contributed by atoms with van der Waals surface area (Å²) in [6.07, 6.45) is 5.91. The van der Waals surface area contributed by atoms with Gasteiger partial charge in [-0.3, -0.25) is 9.69 Å². The molecule has 1 saturated heterocycles. The van der Waals surface area contributed by atoms with Crippen molar-refractivity contribution >= 4 is 26.7 Å². The quantitative estimate of drug-likeness (QED) is 0.193. The molecule has 2 unspecified atom stereocenters. The van der Waals surface area contributed by atoms with Gasteiger partial charge in [-0.05, 0) is 84.2 Å². The van der Waals surface area contributed by atoms with Gasteiger partial charge in [0.05, 0.1) is 29.8 Å². The number of rotatable bonds is 9. The fourth-order valence-electron chi connectivity index (χ4n) is 6.62. The van der Waals surface area contributed by atoms with E-state index in [2.05, 4.69) is 33.1 Å². The first-order valence-electron chi connectivity index (χ1n) is 15.7. The molecule has 3 aliphatic heterocycles. The van der Waals surface area contributed by atoms with Crippen LogP contribution in [0.2, 0.25) is 0 Å². The maximum Gasteiger partial charge on any atom is 0.241 e. The minimum atomic E-state index is -3.97. The first kappa shape index (κ1) is 29.5. The Labute approximate surface area is 263 Å². The standard InChI is InChI=1S/C36H37N3O5S/c40-36(37-32-16-20-44-35-21-25(10-13-31(32)35)24-39-17-4-1-5-18-39)23-33(29-14-15-34-30(29)9-6-19-43-34)38-45(41,42)28-12-11-26-7-2-3-8-27(26)22-28/h2-3,6-15,19,21-22,32-33,38H,1,4-5,16-18,20,23-24H2,(H,37,40). The van der Waals surface area contributed by atoms with E-state index in [4.69, 9.17) is 9.15 Å². The lowest BCUT2D eigenvalue weighted by Gasteiger charge is -2.29. The number of fused-ring (bicyclic) bond motifs is 3. The highest BCUT2D eigenvalue weighted by Gasteiger charge is 2.30. The zero-order chi connectivity index (χ0) is 30.8. The first-order valence-corrected chi connectivity index (χ1v) is 17.2. The van der Waals surface area contributed by atoms with Crippen molar-refractivity contribution in [3.05, 3.63) is 108 Å². The van der Waals surface area contributed by atoms with Gasteiger partial charge in [0.15, 0.2) is 0 Å². The molecule has 0 spiro atoms. The zero-order valence-electron chi connectivity index (χ0n) is 25.1. The minimum Gasteiger partial charge on any atom is -0.493 e. The lowest BCUT2D eigenvalue weighted by Crippen LogP contribution is -2.36. The topological polar surface area (TPSA) is 101 Å². The molecule has 7 rings (SSSR count). The van der Waals surface area contributed by atoms with E-state index in [0.29, 0.717) is 24.4 Å². The Bertz CT molecular complexity index is 1900. The summed E-state index contributed by atoms with van der Waals surface area (Å²) < 4.78 is 42.0. The van der Waals surface area contributed by atoms with Gasteiger partial charge in [0.1, 0.15) is 11.5 Å². The number of hydrogen-bond acceptors (Lipinski definition) is 6. The second-order valence-corrected chi connectivity index (χ2v) is 13.7. The van der Waals surface area contributed by atoms with Gasteiger partial charge in [-0.2, -0.15) is 0 Å². The van der Waals surface area contributed by atoms with Crippen LogP contribution in [-0.4, -0.2) is 38.9 Å². The molecular weight excluding hydrogens is 586 g/mol. The number of benzene rings is 3. The molecule has 3 heterocycles. The third-order valence-electron chi connectivity index (χ3n) is 8.93. The van der Waals surface area contributed by atoms with Crippen molar-refractivity contribution in [1.29, 1.82) is 0 Å². The average molecular weight is 624 g/mol. The maximum absolute atomic E-state index is 13.7. The Morgan fingerprint density at radius 1 is 0.911 bits per heavy atom. The van der Waals surface area contributed by atoms with Gasteiger partial charge < -0.3 is 14.5 Å². The summed E-state index contributed by atoms with van der Waals surface area (Å²) in [7, 11) is -3.97. The normalized spacial score (nSPS) is 17.9. The fourth-order valence-corrected chi connectivity index (χ4v) is 7.87. The summed E-state index contributed by atoms with van der Waals surface area (Å²) in [6.45, 7) is 3.63. The molecule has 232 valence electrons. The molecule has 45 heavy (non-hydrogen) atoms. The van der Waals surface area contributed by atoms with Crippen LogP contribution in [0.4, 0.5) is 0 Å². The Morgan fingerprint density at radius 3 is 2.62 bits per heavy atom. The molecule has 9 heteroatoms. The van der Waals surface area contributed by atoms with Gasteiger partial charge in [-0.1, -0.05) is 55.0 Å². The highest BCUT2D eigenvalue weighted by molar-refractivity contribution is 7.89. The van der Waals surface area contributed by atoms with Gasteiger partial charge in [-0.15, -0.1) is 0 Å². The van der Waals surface area contributed by atoms with Crippen LogP contribution in [0.25, 0.3) is 22.1 Å². The van der Waals surface area contributed by atoms with Crippen molar-refractivity contribution in [1.82, 2.24) is 14.9 Å². The molecule has 2 N–H and O–H groups in total. The molecule has 1 fully saturated rings. The summed E-state index contributed by atoms with van der Waals surface area (Å²) >= 11 is 0. The number of nitrogens with zero attached hydrogens (tertiary/aromatic N) is 1. The molecule has 0 saturated carbocycles. The highest BCUT2D eigenvalue weighted by Crippen LogP contribution is 2.36. The molecule has 0 aromatic heterocycles. The van der Waals surface area contributed by atoms with E-state index in [1.54, 1.807) is 36.6 Å². The van der Waals surface area contributed by atoms with Crippen LogP contribution < -0.4 is 14.8 Å². The maximum atomic E-state index is 13.7. The van der Waals surface area contributed by atoms with Crippen LogP contribution in [0.1, 0.15) is 60.9 Å². The lowest BCUT2D eigenvalue weighted by molar-refractivity contribution is -0.122. The number of sulfonamides is 1. The van der Waals surface area contributed by atoms with Crippen LogP contribution in [0.5, 0.6) is 5.75 Å². The smallest absolute Gasteiger partial charge is 0.241 e. The third kappa shape index (κ3) is 6.47. The Balaban J connectivity index is 1.11. The SMILES string of the molecule is O=C(CC(NS(=O)(=O)c1ccc2ccccc2c1)c1ccc2occcc1-2)NC1CCOc2cc(CN3CCCCC3)ccc21. The van der Waals surface area contributed by atoms with E-state index in [9.17, 15) is 13.2 Å². The molecule has 0 radical (unpaired) electrons. The molecule has 4 aliphatic rings. The summed E-state index contributed by atoms with van der Waals surface area (Å²) in [5, 5.41) is 4.95. The van der Waals surface area contributed by atoms with Gasteiger partial charge in [0, 0.05) is 30.5 Å². The Kier molecular flexibility index (Phi) is 8.31. The number of carbonyl (C=O) groups excluding carboxylic acids is 1. The number of ether oxygens (including phenoxy) is 1. The summed E-state index contributed by atoms with van der Waals surface area (Å²) in [4.78, 5) is 16.3. The molecule has 2 atom stereocenters. The largest absolute Gasteiger partial charge is 0.493 e. The molecule has 1 aliphatic carbocycles. The van der Waals surface area contributed by atoms with E-state index < -0.39 is 16.1 Å². The van der Waals surface area contributed by atoms with E-state index in [0.717, 1.165) is 47.3 Å². The number of carbonyl (C=O) groups is 1. The summed E-state index contributed by atoms with van der Waals surface area (Å²) in [5.41, 5.74) is 3.60. The van der Waals surface area contributed by atoms with Crippen LogP contribution in [0.15, 0.2) is 101 Å². The summed E-state index contributed by atoms with van der Waals surface area (Å²) in [5.74, 6) is 1.18. The van der Waals surface area contributed by atoms with Gasteiger partial charge >= 0.3 is 0 Å². The number of amides is 1. The van der Waals surface area contributed by atoms with Gasteiger partial charge in [-0.25, -0.2) is 13.1 Å². The van der Waals surface area contributed by atoms with Crippen molar-refractivity contribution in [2.75, 3.05) is 19.7 Å². The predicted octanol–water partition coefficient (Wildman–Crippen LogP) is 6.57. The molecular formula is C36H37N3O5S. The Morgan fingerprint density at radius 2 is 1.76 bits per heavy atom. The van der Waals surface area contributed by atoms with Crippen LogP contribution in [0, 0.1) is 0 Å². The summed E-state index contributed by atoms with van der Waals surface area (Å²) in [6, 6.07) is 25.2. The fraction of sp³-hybridized carbons (Fsp3) is 0.306. The van der Waals surface area contributed by atoms with Gasteiger partial charge in [0.2, 0.25) is 15.9 Å². The molecule has 8 nitrogen and oxygen atoms in total. The molecule has 3 aromatic rings. The van der Waals surface area contributed by atoms with Crippen molar-refractivity contribution < 1.29 is 22.4 Å². The number of nitrogens with one attached hydrogen (secondary N) is 2. The minimum absolute atomic E-state index is 0.0828. The second kappa shape index (κ2) is 12.7. The van der Waals surface area contributed by atoms with Crippen molar-refractivity contribution in [3.8, 4) is 17.1 Å². The predicted molar refractivity (Wildman–Crippen MR) is 174 cm³/mol. The van der Waals surface area contributed by atoms with Crippen LogP contribution in [0.3, 0.4) is 0 Å². The van der Waals surface area contributed by atoms with Gasteiger partial charge in [0.25, 0.3) is 0 Å². The number of likely N-dealkylation sites (tertiary alicyclic amines) is 1. The molecule has 0 bridgehead atoms.